The van der Waals surface area contributed by atoms with Gasteiger partial charge in [-0.1, -0.05) is 36.4 Å². The third-order valence-corrected chi connectivity index (χ3v) is 6.85. The van der Waals surface area contributed by atoms with Crippen LogP contribution in [-0.2, 0) is 4.79 Å². The number of para-hydroxylation sites is 1. The van der Waals surface area contributed by atoms with Crippen LogP contribution in [0.4, 0.5) is 11.6 Å². The molecule has 5 rings (SSSR count). The lowest BCUT2D eigenvalue weighted by Crippen LogP contribution is -2.45. The van der Waals surface area contributed by atoms with Crippen LogP contribution in [0.2, 0.25) is 5.02 Å². The first-order valence-corrected chi connectivity index (χ1v) is 13.1. The number of likely N-dealkylation sites (tertiary alicyclic amines) is 1. The number of hydrogen-bond donors (Lipinski definition) is 4. The fourth-order valence-electron chi connectivity index (χ4n) is 4.62. The van der Waals surface area contributed by atoms with Crippen LogP contribution in [0.5, 0.6) is 0 Å². The van der Waals surface area contributed by atoms with Gasteiger partial charge in [-0.3, -0.25) is 9.59 Å². The molecule has 3 N–H and O–H groups in total. The SMILES string of the molecule is C=C(S)CC(=O)Nc1ccc(C(=O)N2CCC[C@@H](Nc3ncc(Cl)c(-c4c[nH]c5ccccc45)n3)C2)cc1. The number of hydrogen-bond acceptors (Lipinski definition) is 6. The number of carbonyl (C=O) groups excluding carboxylic acids is 2. The molecule has 2 aromatic heterocycles. The third kappa shape index (κ3) is 5.84. The van der Waals surface area contributed by atoms with Gasteiger partial charge < -0.3 is 20.5 Å². The number of piperidine rings is 1. The van der Waals surface area contributed by atoms with Gasteiger partial charge in [0.1, 0.15) is 0 Å². The quantitative estimate of drug-likeness (QED) is 0.220. The molecule has 10 heteroatoms. The average molecular weight is 547 g/mol. The molecule has 8 nitrogen and oxygen atoms in total. The molecule has 2 aromatic carbocycles. The Kier molecular flexibility index (Phi) is 7.67. The summed E-state index contributed by atoms with van der Waals surface area (Å²) in [6.45, 7) is 4.81. The molecule has 1 aliphatic heterocycles. The average Bonchev–Trinajstić information content (AvgIpc) is 3.33. The second-order valence-corrected chi connectivity index (χ2v) is 10.3. The highest BCUT2D eigenvalue weighted by molar-refractivity contribution is 7.84. The zero-order valence-electron chi connectivity index (χ0n) is 20.6. The molecule has 1 fully saturated rings. The van der Waals surface area contributed by atoms with E-state index in [9.17, 15) is 9.59 Å². The number of nitrogens with one attached hydrogen (secondary N) is 3. The molecule has 0 unspecified atom stereocenters. The summed E-state index contributed by atoms with van der Waals surface area (Å²) < 4.78 is 0. The van der Waals surface area contributed by atoms with E-state index in [1.807, 2.05) is 35.4 Å². The molecule has 0 bridgehead atoms. The Morgan fingerprint density at radius 3 is 2.76 bits per heavy atom. The predicted octanol–water partition coefficient (Wildman–Crippen LogP) is 5.77. The molecular weight excluding hydrogens is 520 g/mol. The minimum absolute atomic E-state index is 0.00223. The normalized spacial score (nSPS) is 15.3. The van der Waals surface area contributed by atoms with Gasteiger partial charge in [0, 0.05) is 53.0 Å². The van der Waals surface area contributed by atoms with Crippen molar-refractivity contribution in [2.45, 2.75) is 25.3 Å². The summed E-state index contributed by atoms with van der Waals surface area (Å²) in [4.78, 5) is 39.8. The van der Waals surface area contributed by atoms with Gasteiger partial charge in [0.2, 0.25) is 11.9 Å². The first-order chi connectivity index (χ1) is 18.4. The largest absolute Gasteiger partial charge is 0.360 e. The van der Waals surface area contributed by atoms with Crippen molar-refractivity contribution in [3.63, 3.8) is 0 Å². The Balaban J connectivity index is 1.25. The Hall–Kier alpha value is -3.82. The lowest BCUT2D eigenvalue weighted by atomic mass is 10.0. The number of thiol groups is 1. The maximum atomic E-state index is 13.2. The second kappa shape index (κ2) is 11.3. The monoisotopic (exact) mass is 546 g/mol. The summed E-state index contributed by atoms with van der Waals surface area (Å²) in [5.74, 6) is 0.207. The minimum atomic E-state index is -0.203. The molecule has 0 spiro atoms. The first kappa shape index (κ1) is 25.8. The van der Waals surface area contributed by atoms with Gasteiger partial charge in [-0.05, 0) is 48.1 Å². The van der Waals surface area contributed by atoms with Crippen LogP contribution in [0, 0.1) is 0 Å². The van der Waals surface area contributed by atoms with E-state index in [2.05, 4.69) is 39.8 Å². The van der Waals surface area contributed by atoms with E-state index in [1.165, 1.54) is 0 Å². The van der Waals surface area contributed by atoms with Gasteiger partial charge in [-0.15, -0.1) is 12.6 Å². The number of carbonyl (C=O) groups is 2. The van der Waals surface area contributed by atoms with Crippen LogP contribution in [0.25, 0.3) is 22.2 Å². The molecule has 3 heterocycles. The van der Waals surface area contributed by atoms with Gasteiger partial charge >= 0.3 is 0 Å². The minimum Gasteiger partial charge on any atom is -0.360 e. The summed E-state index contributed by atoms with van der Waals surface area (Å²) in [7, 11) is 0. The number of halogens is 1. The Morgan fingerprint density at radius 2 is 1.97 bits per heavy atom. The van der Waals surface area contributed by atoms with E-state index >= 15 is 0 Å². The van der Waals surface area contributed by atoms with Crippen LogP contribution in [0.15, 0.2) is 72.4 Å². The summed E-state index contributed by atoms with van der Waals surface area (Å²) in [5.41, 5.74) is 3.74. The Bertz CT molecular complexity index is 1500. The highest BCUT2D eigenvalue weighted by Crippen LogP contribution is 2.32. The van der Waals surface area contributed by atoms with Crippen molar-refractivity contribution in [2.75, 3.05) is 23.7 Å². The highest BCUT2D eigenvalue weighted by atomic mass is 35.5. The molecule has 1 aliphatic rings. The van der Waals surface area contributed by atoms with Gasteiger partial charge in [-0.2, -0.15) is 0 Å². The van der Waals surface area contributed by atoms with E-state index in [0.717, 1.165) is 29.3 Å². The van der Waals surface area contributed by atoms with Gasteiger partial charge in [0.25, 0.3) is 5.91 Å². The number of amides is 2. The topological polar surface area (TPSA) is 103 Å². The third-order valence-electron chi connectivity index (χ3n) is 6.41. The number of rotatable bonds is 7. The number of anilines is 2. The highest BCUT2D eigenvalue weighted by Gasteiger charge is 2.25. The standard InChI is InChI=1S/C28H27ClN6O2S/c1-17(38)13-25(36)32-19-10-8-18(9-11-19)27(37)35-12-4-5-20(16-35)33-28-31-15-23(29)26(34-28)22-14-30-24-7-3-2-6-21(22)24/h2-3,6-11,14-15,20,30,38H,1,4-5,12-13,16H2,(H,32,36)(H,31,33,34)/t20-/m1/s1. The number of fused-ring (bicyclic) bond motifs is 1. The van der Waals surface area contributed by atoms with Crippen molar-refractivity contribution >= 4 is 58.6 Å². The van der Waals surface area contributed by atoms with Crippen molar-refractivity contribution in [1.82, 2.24) is 19.9 Å². The maximum absolute atomic E-state index is 13.2. The van der Waals surface area contributed by atoms with Crippen LogP contribution < -0.4 is 10.6 Å². The Labute approximate surface area is 230 Å². The molecule has 194 valence electrons. The fourth-order valence-corrected chi connectivity index (χ4v) is 4.96. The molecule has 0 radical (unpaired) electrons. The first-order valence-electron chi connectivity index (χ1n) is 12.3. The Morgan fingerprint density at radius 1 is 1.18 bits per heavy atom. The van der Waals surface area contributed by atoms with Crippen molar-refractivity contribution in [1.29, 1.82) is 0 Å². The molecule has 1 saturated heterocycles. The molecule has 4 aromatic rings. The van der Waals surface area contributed by atoms with E-state index in [4.69, 9.17) is 16.6 Å². The van der Waals surface area contributed by atoms with Crippen molar-refractivity contribution < 1.29 is 9.59 Å². The predicted molar refractivity (Wildman–Crippen MR) is 155 cm³/mol. The van der Waals surface area contributed by atoms with Crippen molar-refractivity contribution in [3.8, 4) is 11.3 Å². The summed E-state index contributed by atoms with van der Waals surface area (Å²) in [6, 6.07) is 14.9. The van der Waals surface area contributed by atoms with Gasteiger partial charge in [0.15, 0.2) is 0 Å². The van der Waals surface area contributed by atoms with Crippen LogP contribution in [0.3, 0.4) is 0 Å². The molecule has 1 atom stereocenters. The summed E-state index contributed by atoms with van der Waals surface area (Å²) in [6.07, 6.45) is 5.38. The fraction of sp³-hybridized carbons (Fsp3) is 0.214. The summed E-state index contributed by atoms with van der Waals surface area (Å²) in [5, 5.41) is 7.67. The molecule has 38 heavy (non-hydrogen) atoms. The van der Waals surface area contributed by atoms with E-state index in [0.29, 0.717) is 45.9 Å². The van der Waals surface area contributed by atoms with E-state index < -0.39 is 0 Å². The number of aromatic amines is 1. The number of H-pyrrole nitrogens is 1. The summed E-state index contributed by atoms with van der Waals surface area (Å²) >= 11 is 10.5. The van der Waals surface area contributed by atoms with Crippen molar-refractivity contribution in [3.05, 3.63) is 83.0 Å². The molecular formula is C28H27ClN6O2S. The number of aromatic nitrogens is 3. The number of nitrogens with zero attached hydrogens (tertiary/aromatic N) is 3. The molecule has 0 aliphatic carbocycles. The smallest absolute Gasteiger partial charge is 0.253 e. The second-order valence-electron chi connectivity index (χ2n) is 9.24. The zero-order valence-corrected chi connectivity index (χ0v) is 22.2. The van der Waals surface area contributed by atoms with Crippen LogP contribution in [-0.4, -0.2) is 50.8 Å². The van der Waals surface area contributed by atoms with Crippen LogP contribution >= 0.6 is 24.2 Å². The maximum Gasteiger partial charge on any atom is 0.253 e. The van der Waals surface area contributed by atoms with Gasteiger partial charge in [-0.25, -0.2) is 9.97 Å². The van der Waals surface area contributed by atoms with Crippen LogP contribution in [0.1, 0.15) is 29.6 Å². The van der Waals surface area contributed by atoms with E-state index in [-0.39, 0.29) is 24.3 Å². The zero-order chi connectivity index (χ0) is 26.6. The lowest BCUT2D eigenvalue weighted by molar-refractivity contribution is -0.115. The van der Waals surface area contributed by atoms with Gasteiger partial charge in [0.05, 0.1) is 23.3 Å². The van der Waals surface area contributed by atoms with E-state index in [1.54, 1.807) is 30.5 Å². The lowest BCUT2D eigenvalue weighted by Gasteiger charge is -2.33. The molecule has 0 saturated carbocycles. The van der Waals surface area contributed by atoms with Crippen molar-refractivity contribution in [2.24, 2.45) is 0 Å². The number of benzene rings is 2. The molecule has 2 amide bonds.